The Morgan fingerprint density at radius 2 is 1.36 bits per heavy atom. The second kappa shape index (κ2) is 5.63. The van der Waals surface area contributed by atoms with Crippen molar-refractivity contribution in [3.63, 3.8) is 0 Å². The maximum Gasteiger partial charge on any atom is 0.0861 e. The van der Waals surface area contributed by atoms with Crippen molar-refractivity contribution in [2.75, 3.05) is 0 Å². The molecule has 0 radical (unpaired) electrons. The van der Waals surface area contributed by atoms with E-state index < -0.39 is 53.4 Å². The lowest BCUT2D eigenvalue weighted by molar-refractivity contribution is -0.272. The predicted molar refractivity (Wildman–Crippen MR) is 89.3 cm³/mol. The zero-order valence-corrected chi connectivity index (χ0v) is 15.0. The van der Waals surface area contributed by atoms with Crippen LogP contribution in [0.5, 0.6) is 0 Å². The first kappa shape index (κ1) is 18.1. The molecule has 4 fully saturated rings. The third-order valence-electron chi connectivity index (χ3n) is 8.68. The van der Waals surface area contributed by atoms with Crippen molar-refractivity contribution in [3.05, 3.63) is 0 Å². The highest BCUT2D eigenvalue weighted by atomic mass is 16.3. The van der Waals surface area contributed by atoms with Gasteiger partial charge in [0.15, 0.2) is 0 Å². The Hall–Kier alpha value is -0.240. The van der Waals surface area contributed by atoms with Crippen LogP contribution in [0.15, 0.2) is 0 Å². The fourth-order valence-electron chi connectivity index (χ4n) is 7.42. The number of rotatable bonds is 0. The van der Waals surface area contributed by atoms with Crippen LogP contribution in [-0.4, -0.2) is 67.3 Å². The van der Waals surface area contributed by atoms with Crippen LogP contribution in [0.4, 0.5) is 0 Å². The topological polar surface area (TPSA) is 121 Å². The van der Waals surface area contributed by atoms with E-state index in [1.807, 2.05) is 13.8 Å². The largest absolute Gasteiger partial charge is 0.393 e. The van der Waals surface area contributed by atoms with Gasteiger partial charge in [0.05, 0.1) is 36.6 Å². The van der Waals surface area contributed by atoms with Gasteiger partial charge in [-0.05, 0) is 60.7 Å². The normalized spacial score (nSPS) is 64.3. The van der Waals surface area contributed by atoms with Crippen molar-refractivity contribution in [2.24, 2.45) is 34.5 Å². The van der Waals surface area contributed by atoms with Crippen LogP contribution >= 0.6 is 0 Å². The molecule has 0 saturated heterocycles. The smallest absolute Gasteiger partial charge is 0.0861 e. The zero-order valence-electron chi connectivity index (χ0n) is 15.0. The Morgan fingerprint density at radius 3 is 2.04 bits per heavy atom. The summed E-state index contributed by atoms with van der Waals surface area (Å²) in [7, 11) is 0. The van der Waals surface area contributed by atoms with Crippen molar-refractivity contribution in [1.82, 2.24) is 0 Å². The summed E-state index contributed by atoms with van der Waals surface area (Å²) < 4.78 is 0. The van der Waals surface area contributed by atoms with Gasteiger partial charge in [-0.3, -0.25) is 0 Å². The van der Waals surface area contributed by atoms with Gasteiger partial charge in [-0.15, -0.1) is 0 Å². The van der Waals surface area contributed by atoms with E-state index >= 15 is 0 Å². The Kier molecular flexibility index (Phi) is 4.08. The van der Waals surface area contributed by atoms with Crippen molar-refractivity contribution in [1.29, 1.82) is 0 Å². The molecule has 0 aliphatic heterocycles. The maximum atomic E-state index is 11.0. The third kappa shape index (κ3) is 2.18. The van der Waals surface area contributed by atoms with Gasteiger partial charge >= 0.3 is 0 Å². The number of fused-ring (bicyclic) bond motifs is 5. The van der Waals surface area contributed by atoms with E-state index in [-0.39, 0.29) is 17.8 Å². The second-order valence-electron chi connectivity index (χ2n) is 9.69. The van der Waals surface area contributed by atoms with E-state index in [1.165, 1.54) is 0 Å². The van der Waals surface area contributed by atoms with E-state index in [2.05, 4.69) is 0 Å². The molecule has 25 heavy (non-hydrogen) atoms. The monoisotopic (exact) mass is 356 g/mol. The molecule has 0 aromatic carbocycles. The molecule has 144 valence electrons. The van der Waals surface area contributed by atoms with Crippen LogP contribution < -0.4 is 0 Å². The van der Waals surface area contributed by atoms with Crippen molar-refractivity contribution in [2.45, 2.75) is 82.6 Å². The quantitative estimate of drug-likeness (QED) is 0.352. The summed E-state index contributed by atoms with van der Waals surface area (Å²) in [4.78, 5) is 0. The van der Waals surface area contributed by atoms with Gasteiger partial charge < -0.3 is 30.6 Å². The molecular weight excluding hydrogens is 324 g/mol. The Bertz CT molecular complexity index is 542. The molecule has 6 heteroatoms. The van der Waals surface area contributed by atoms with Crippen molar-refractivity contribution in [3.8, 4) is 0 Å². The fraction of sp³-hybridized carbons (Fsp3) is 1.00. The molecule has 7 unspecified atom stereocenters. The first-order chi connectivity index (χ1) is 11.6. The van der Waals surface area contributed by atoms with Gasteiger partial charge in [0.1, 0.15) is 0 Å². The van der Waals surface area contributed by atoms with Gasteiger partial charge in [-0.2, -0.15) is 0 Å². The highest BCUT2D eigenvalue weighted by Crippen LogP contribution is 2.66. The van der Waals surface area contributed by atoms with Gasteiger partial charge in [0.25, 0.3) is 0 Å². The number of hydrogen-bond donors (Lipinski definition) is 6. The minimum absolute atomic E-state index is 0.0438. The first-order valence-electron chi connectivity index (χ1n) is 9.71. The van der Waals surface area contributed by atoms with Crippen LogP contribution in [-0.2, 0) is 0 Å². The molecule has 6 N–H and O–H groups in total. The van der Waals surface area contributed by atoms with Gasteiger partial charge in [-0.1, -0.05) is 13.8 Å². The molecule has 0 aromatic rings. The molecular formula is C19H32O6. The Labute approximate surface area is 148 Å². The maximum absolute atomic E-state index is 11.0. The third-order valence-corrected chi connectivity index (χ3v) is 8.68. The summed E-state index contributed by atoms with van der Waals surface area (Å²) >= 11 is 0. The number of hydrogen-bond acceptors (Lipinski definition) is 6. The van der Waals surface area contributed by atoms with Crippen LogP contribution in [0.3, 0.4) is 0 Å². The first-order valence-corrected chi connectivity index (χ1v) is 9.71. The van der Waals surface area contributed by atoms with E-state index in [0.29, 0.717) is 25.7 Å². The Morgan fingerprint density at radius 1 is 0.680 bits per heavy atom. The molecule has 0 amide bonds. The fourth-order valence-corrected chi connectivity index (χ4v) is 7.42. The van der Waals surface area contributed by atoms with Crippen molar-refractivity contribution >= 4 is 0 Å². The van der Waals surface area contributed by atoms with E-state index in [1.54, 1.807) is 0 Å². The zero-order chi connectivity index (χ0) is 18.3. The molecule has 4 rings (SSSR count). The summed E-state index contributed by atoms with van der Waals surface area (Å²) in [6, 6.07) is 0. The highest BCUT2D eigenvalue weighted by Gasteiger charge is 2.68. The lowest BCUT2D eigenvalue weighted by Crippen LogP contribution is -2.70. The SMILES string of the molecule is C[C@]12CC[C@@H](O)C(O)C1[C@@H](O)C(O)C1C2C(O)C[C@@]2(C)C1CC[C@@H]2O. The van der Waals surface area contributed by atoms with Crippen LogP contribution in [0.2, 0.25) is 0 Å². The minimum Gasteiger partial charge on any atom is -0.393 e. The molecule has 0 heterocycles. The summed E-state index contributed by atoms with van der Waals surface area (Å²) in [5.74, 6) is -1.16. The molecule has 4 aliphatic carbocycles. The van der Waals surface area contributed by atoms with Crippen LogP contribution in [0, 0.1) is 34.5 Å². The number of aliphatic hydroxyl groups is 6. The summed E-state index contributed by atoms with van der Waals surface area (Å²) in [6.07, 6.45) is -2.46. The molecule has 0 spiro atoms. The van der Waals surface area contributed by atoms with E-state index in [0.717, 1.165) is 6.42 Å². The average molecular weight is 356 g/mol. The summed E-state index contributed by atoms with van der Waals surface area (Å²) in [6.45, 7) is 3.97. The lowest BCUT2D eigenvalue weighted by Gasteiger charge is -2.65. The molecule has 12 atom stereocenters. The average Bonchev–Trinajstić information content (AvgIpc) is 2.83. The molecule has 4 aliphatic rings. The van der Waals surface area contributed by atoms with E-state index in [9.17, 15) is 30.6 Å². The standard InChI is InChI=1S/C19H32O6/c1-18-6-5-9(20)15(23)14(18)17(25)16(24)12-8-3-4-11(22)19(8,2)7-10(21)13(12)18/h8-17,20-25H,3-7H2,1-2H3/t8?,9-,10?,11+,12?,13?,14?,15?,16?,17-,18-,19+/m1/s1. The Balaban J connectivity index is 1.78. The summed E-state index contributed by atoms with van der Waals surface area (Å²) in [5.41, 5.74) is -0.993. The summed E-state index contributed by atoms with van der Waals surface area (Å²) in [5, 5.41) is 64.0. The van der Waals surface area contributed by atoms with Gasteiger partial charge in [-0.25, -0.2) is 0 Å². The molecule has 0 aromatic heterocycles. The predicted octanol–water partition coefficient (Wildman–Crippen LogP) is -0.366. The number of aliphatic hydroxyl groups excluding tert-OH is 6. The van der Waals surface area contributed by atoms with Crippen molar-refractivity contribution < 1.29 is 30.6 Å². The lowest BCUT2D eigenvalue weighted by atomic mass is 9.42. The second-order valence-corrected chi connectivity index (χ2v) is 9.69. The van der Waals surface area contributed by atoms with Crippen LogP contribution in [0.1, 0.15) is 46.0 Å². The molecule has 4 saturated carbocycles. The minimum atomic E-state index is -1.14. The molecule has 0 bridgehead atoms. The van der Waals surface area contributed by atoms with Crippen LogP contribution in [0.25, 0.3) is 0 Å². The highest BCUT2D eigenvalue weighted by molar-refractivity contribution is 5.17. The molecule has 6 nitrogen and oxygen atoms in total. The van der Waals surface area contributed by atoms with E-state index in [4.69, 9.17) is 0 Å². The van der Waals surface area contributed by atoms with Gasteiger partial charge in [0, 0.05) is 5.92 Å². The van der Waals surface area contributed by atoms with Gasteiger partial charge in [0.2, 0.25) is 0 Å².